The lowest BCUT2D eigenvalue weighted by Gasteiger charge is -2.30. The van der Waals surface area contributed by atoms with Crippen molar-refractivity contribution < 1.29 is 4.74 Å². The molecule has 2 N–H and O–H groups in total. The number of nitrogens with two attached hydrogens (primary N) is 1. The lowest BCUT2D eigenvalue weighted by atomic mass is 9.89. The maximum absolute atomic E-state index is 13.3. The molecule has 3 aromatic rings. The zero-order valence-electron chi connectivity index (χ0n) is 17.2. The average molecular weight is 393 g/mol. The van der Waals surface area contributed by atoms with Gasteiger partial charge in [-0.3, -0.25) is 14.2 Å². The maximum atomic E-state index is 13.3. The fourth-order valence-corrected chi connectivity index (χ4v) is 5.37. The van der Waals surface area contributed by atoms with Crippen molar-refractivity contribution in [2.75, 3.05) is 13.2 Å². The van der Waals surface area contributed by atoms with Gasteiger partial charge in [0.1, 0.15) is 6.61 Å². The van der Waals surface area contributed by atoms with Gasteiger partial charge in [0.25, 0.3) is 11.1 Å². The van der Waals surface area contributed by atoms with Crippen LogP contribution in [0.5, 0.6) is 5.75 Å². The van der Waals surface area contributed by atoms with Gasteiger partial charge in [0.2, 0.25) is 0 Å². The normalized spacial score (nSPS) is 21.1. The smallest absolute Gasteiger partial charge is 0.254 e. The fraction of sp³-hybridized carbons (Fsp3) is 0.478. The molecule has 0 unspecified atom stereocenters. The summed E-state index contributed by atoms with van der Waals surface area (Å²) in [5.41, 5.74) is 10.5. The summed E-state index contributed by atoms with van der Waals surface area (Å²) in [6, 6.07) is 3.66. The molecule has 0 bridgehead atoms. The van der Waals surface area contributed by atoms with E-state index in [2.05, 4.69) is 13.0 Å². The minimum atomic E-state index is -0.202. The SMILES string of the molecule is Cc1cc(=O)n2c3c(c4c(cc13)c1c(c(=O)n4C)CCCC[C@@H]1C)OC[C@@H]2CN. The van der Waals surface area contributed by atoms with Crippen LogP contribution in [0.25, 0.3) is 21.8 Å². The third kappa shape index (κ3) is 2.45. The number of aromatic nitrogens is 2. The first-order valence-corrected chi connectivity index (χ1v) is 10.5. The van der Waals surface area contributed by atoms with E-state index in [0.717, 1.165) is 58.6 Å². The number of pyridine rings is 2. The second kappa shape index (κ2) is 6.46. The Labute approximate surface area is 168 Å². The number of nitrogens with zero attached hydrogens (tertiary/aromatic N) is 2. The first kappa shape index (κ1) is 18.4. The number of hydrogen-bond acceptors (Lipinski definition) is 4. The second-order valence-corrected chi connectivity index (χ2v) is 8.64. The Morgan fingerprint density at radius 1 is 1.17 bits per heavy atom. The van der Waals surface area contributed by atoms with Crippen LogP contribution >= 0.6 is 0 Å². The number of benzene rings is 1. The van der Waals surface area contributed by atoms with Gasteiger partial charge in [-0.1, -0.05) is 13.3 Å². The van der Waals surface area contributed by atoms with E-state index in [1.165, 1.54) is 5.56 Å². The van der Waals surface area contributed by atoms with Crippen LogP contribution in [0.1, 0.15) is 54.8 Å². The monoisotopic (exact) mass is 393 g/mol. The predicted molar refractivity (Wildman–Crippen MR) is 115 cm³/mol. The molecule has 0 saturated heterocycles. The molecule has 6 nitrogen and oxygen atoms in total. The van der Waals surface area contributed by atoms with Gasteiger partial charge in [0, 0.05) is 36.0 Å². The Hall–Kier alpha value is -2.60. The Morgan fingerprint density at radius 2 is 1.97 bits per heavy atom. The summed E-state index contributed by atoms with van der Waals surface area (Å²) in [5.74, 6) is 0.960. The van der Waals surface area contributed by atoms with Crippen LogP contribution in [0.4, 0.5) is 0 Å². The number of ether oxygens (including phenoxy) is 1. The van der Waals surface area contributed by atoms with Gasteiger partial charge >= 0.3 is 0 Å². The highest BCUT2D eigenvalue weighted by Crippen LogP contribution is 2.43. The molecule has 0 amide bonds. The van der Waals surface area contributed by atoms with Crippen LogP contribution in [-0.2, 0) is 13.5 Å². The zero-order valence-corrected chi connectivity index (χ0v) is 17.2. The maximum Gasteiger partial charge on any atom is 0.254 e. The van der Waals surface area contributed by atoms with Crippen LogP contribution in [0.3, 0.4) is 0 Å². The topological polar surface area (TPSA) is 79.2 Å². The van der Waals surface area contributed by atoms with Gasteiger partial charge in [-0.15, -0.1) is 0 Å². The molecule has 0 spiro atoms. The molecule has 3 heterocycles. The molecule has 1 aliphatic heterocycles. The van der Waals surface area contributed by atoms with Crippen molar-refractivity contribution in [3.8, 4) is 5.75 Å². The molecule has 1 aliphatic carbocycles. The summed E-state index contributed by atoms with van der Waals surface area (Å²) in [7, 11) is 1.82. The lowest BCUT2D eigenvalue weighted by Crippen LogP contribution is -2.37. The number of fused-ring (bicyclic) bond motifs is 4. The van der Waals surface area contributed by atoms with E-state index in [1.807, 2.05) is 14.0 Å². The highest BCUT2D eigenvalue weighted by Gasteiger charge is 2.30. The standard InChI is InChI=1S/C23H27N3O3/c1-12-6-4-5-7-15-19(12)17-9-16-13(2)8-18(27)26-14(10-24)11-29-22(21(16)26)20(17)25(3)23(15)28/h8-9,12,14H,4-7,10-11,24H2,1-3H3/t12-,14-/m0/s1. The Morgan fingerprint density at radius 3 is 2.72 bits per heavy atom. The van der Waals surface area contributed by atoms with Crippen molar-refractivity contribution in [3.63, 3.8) is 0 Å². The third-order valence-corrected chi connectivity index (χ3v) is 6.85. The molecule has 0 fully saturated rings. The summed E-state index contributed by atoms with van der Waals surface area (Å²) in [6.45, 7) is 4.85. The van der Waals surface area contributed by atoms with Crippen molar-refractivity contribution >= 4 is 21.8 Å². The molecule has 29 heavy (non-hydrogen) atoms. The summed E-state index contributed by atoms with van der Waals surface area (Å²) in [6.07, 6.45) is 4.08. The van der Waals surface area contributed by atoms with Crippen molar-refractivity contribution in [2.45, 2.75) is 51.5 Å². The van der Waals surface area contributed by atoms with Crippen LogP contribution < -0.4 is 21.6 Å². The Balaban J connectivity index is 2.05. The van der Waals surface area contributed by atoms with Gasteiger partial charge in [0.15, 0.2) is 5.75 Å². The van der Waals surface area contributed by atoms with Gasteiger partial charge in [0.05, 0.1) is 17.1 Å². The van der Waals surface area contributed by atoms with Gasteiger partial charge < -0.3 is 15.0 Å². The number of aryl methyl sites for hydroxylation is 2. The van der Waals surface area contributed by atoms with E-state index in [1.54, 1.807) is 15.2 Å². The minimum absolute atomic E-state index is 0.0583. The van der Waals surface area contributed by atoms with Gasteiger partial charge in [-0.25, -0.2) is 0 Å². The van der Waals surface area contributed by atoms with Crippen molar-refractivity contribution in [3.05, 3.63) is 49.5 Å². The molecule has 2 aromatic heterocycles. The Bertz CT molecular complexity index is 1290. The molecule has 1 aromatic carbocycles. The molecule has 6 heteroatoms. The van der Waals surface area contributed by atoms with Gasteiger partial charge in [-0.2, -0.15) is 0 Å². The van der Waals surface area contributed by atoms with E-state index in [-0.39, 0.29) is 17.2 Å². The molecular weight excluding hydrogens is 366 g/mol. The quantitative estimate of drug-likeness (QED) is 0.509. The molecule has 152 valence electrons. The number of rotatable bonds is 1. The summed E-state index contributed by atoms with van der Waals surface area (Å²) < 4.78 is 9.70. The van der Waals surface area contributed by atoms with E-state index < -0.39 is 0 Å². The molecule has 2 aliphatic rings. The van der Waals surface area contributed by atoms with Crippen LogP contribution in [0, 0.1) is 6.92 Å². The Kier molecular flexibility index (Phi) is 4.10. The van der Waals surface area contributed by atoms with Crippen molar-refractivity contribution in [2.24, 2.45) is 12.8 Å². The van der Waals surface area contributed by atoms with E-state index in [9.17, 15) is 9.59 Å². The van der Waals surface area contributed by atoms with Crippen LogP contribution in [0.15, 0.2) is 21.7 Å². The highest BCUT2D eigenvalue weighted by atomic mass is 16.5. The number of hydrogen-bond donors (Lipinski definition) is 1. The molecular formula is C23H27N3O3. The zero-order chi connectivity index (χ0) is 20.4. The van der Waals surface area contributed by atoms with E-state index >= 15 is 0 Å². The van der Waals surface area contributed by atoms with E-state index in [4.69, 9.17) is 10.5 Å². The highest BCUT2D eigenvalue weighted by molar-refractivity contribution is 6.05. The van der Waals surface area contributed by atoms with Gasteiger partial charge in [-0.05, 0) is 49.3 Å². The first-order chi connectivity index (χ1) is 13.9. The van der Waals surface area contributed by atoms with Crippen LogP contribution in [0.2, 0.25) is 0 Å². The average Bonchev–Trinajstić information content (AvgIpc) is 2.90. The fourth-order valence-electron chi connectivity index (χ4n) is 5.37. The second-order valence-electron chi connectivity index (χ2n) is 8.64. The summed E-state index contributed by atoms with van der Waals surface area (Å²) in [4.78, 5) is 26.1. The lowest BCUT2D eigenvalue weighted by molar-refractivity contribution is 0.239. The van der Waals surface area contributed by atoms with Crippen LogP contribution in [-0.4, -0.2) is 22.3 Å². The largest absolute Gasteiger partial charge is 0.487 e. The van der Waals surface area contributed by atoms with E-state index in [0.29, 0.717) is 24.8 Å². The van der Waals surface area contributed by atoms with Crippen molar-refractivity contribution in [1.29, 1.82) is 0 Å². The molecule has 5 rings (SSSR count). The minimum Gasteiger partial charge on any atom is -0.487 e. The summed E-state index contributed by atoms with van der Waals surface area (Å²) >= 11 is 0. The molecule has 2 atom stereocenters. The molecule has 0 radical (unpaired) electrons. The molecule has 0 saturated carbocycles. The third-order valence-electron chi connectivity index (χ3n) is 6.85. The predicted octanol–water partition coefficient (Wildman–Crippen LogP) is 2.88. The first-order valence-electron chi connectivity index (χ1n) is 10.5. The van der Waals surface area contributed by atoms with Crippen molar-refractivity contribution in [1.82, 2.24) is 9.13 Å². The summed E-state index contributed by atoms with van der Waals surface area (Å²) in [5, 5.41) is 2.08.